The van der Waals surface area contributed by atoms with Crippen molar-refractivity contribution in [1.82, 2.24) is 19.6 Å². The van der Waals surface area contributed by atoms with Gasteiger partial charge in [-0.2, -0.15) is 0 Å². The van der Waals surface area contributed by atoms with E-state index >= 15 is 0 Å². The van der Waals surface area contributed by atoms with Crippen molar-refractivity contribution < 1.29 is 14.6 Å². The van der Waals surface area contributed by atoms with Crippen LogP contribution in [-0.2, 0) is 16.8 Å². The average Bonchev–Trinajstić information content (AvgIpc) is 3.06. The summed E-state index contributed by atoms with van der Waals surface area (Å²) < 4.78 is 12.4. The van der Waals surface area contributed by atoms with Crippen molar-refractivity contribution >= 4 is 5.65 Å². The van der Waals surface area contributed by atoms with Gasteiger partial charge in [-0.3, -0.25) is 4.40 Å². The summed E-state index contributed by atoms with van der Waals surface area (Å²) >= 11 is 0. The first kappa shape index (κ1) is 13.3. The van der Waals surface area contributed by atoms with Gasteiger partial charge in [0.05, 0.1) is 19.4 Å². The second-order valence-corrected chi connectivity index (χ2v) is 5.03. The van der Waals surface area contributed by atoms with Crippen LogP contribution in [0, 0.1) is 0 Å². The first-order chi connectivity index (χ1) is 9.68. The zero-order valence-electron chi connectivity index (χ0n) is 11.7. The lowest BCUT2D eigenvalue weighted by Gasteiger charge is -2.20. The molecule has 1 aliphatic heterocycles. The fourth-order valence-corrected chi connectivity index (χ4v) is 2.43. The van der Waals surface area contributed by atoms with Crippen LogP contribution in [0.4, 0.5) is 0 Å². The van der Waals surface area contributed by atoms with Crippen LogP contribution in [0.25, 0.3) is 5.65 Å². The van der Waals surface area contributed by atoms with E-state index in [4.69, 9.17) is 9.47 Å². The summed E-state index contributed by atoms with van der Waals surface area (Å²) in [5, 5.41) is 18.9. The maximum absolute atomic E-state index is 10.6. The van der Waals surface area contributed by atoms with Crippen LogP contribution in [0.3, 0.4) is 0 Å². The Kier molecular flexibility index (Phi) is 3.31. The third-order valence-electron chi connectivity index (χ3n) is 3.58. The number of rotatable bonds is 4. The normalized spacial score (nSPS) is 22.6. The van der Waals surface area contributed by atoms with E-state index in [-0.39, 0.29) is 6.61 Å². The zero-order chi connectivity index (χ0) is 14.2. The van der Waals surface area contributed by atoms with Gasteiger partial charge in [0.1, 0.15) is 11.4 Å². The van der Waals surface area contributed by atoms with E-state index in [9.17, 15) is 5.11 Å². The van der Waals surface area contributed by atoms with E-state index in [2.05, 4.69) is 22.1 Å². The Balaban J connectivity index is 2.16. The van der Waals surface area contributed by atoms with E-state index in [0.29, 0.717) is 30.2 Å². The quantitative estimate of drug-likeness (QED) is 0.886. The molecule has 0 aromatic carbocycles. The lowest BCUT2D eigenvalue weighted by molar-refractivity contribution is 0.0186. The van der Waals surface area contributed by atoms with Gasteiger partial charge in [-0.1, -0.05) is 6.92 Å². The topological polar surface area (TPSA) is 81.8 Å². The number of aliphatic hydroxyl groups is 1. The molecule has 1 saturated heterocycles. The van der Waals surface area contributed by atoms with Gasteiger partial charge in [-0.15, -0.1) is 10.2 Å². The summed E-state index contributed by atoms with van der Waals surface area (Å²) in [4.78, 5) is 4.37. The minimum absolute atomic E-state index is 0.250. The van der Waals surface area contributed by atoms with E-state index in [0.717, 1.165) is 18.7 Å². The summed E-state index contributed by atoms with van der Waals surface area (Å²) in [7, 11) is 1.54. The summed E-state index contributed by atoms with van der Waals surface area (Å²) in [6.45, 7) is 2.86. The fraction of sp³-hybridized carbons (Fsp3) is 0.615. The number of hydrogen-bond acceptors (Lipinski definition) is 6. The molecule has 0 saturated carbocycles. The molecular weight excluding hydrogens is 260 g/mol. The maximum atomic E-state index is 10.6. The number of methoxy groups -OCH3 is 1. The van der Waals surface area contributed by atoms with Gasteiger partial charge in [0.2, 0.25) is 5.65 Å². The Hall–Kier alpha value is -1.73. The molecule has 0 spiro atoms. The molecule has 7 heteroatoms. The van der Waals surface area contributed by atoms with Crippen molar-refractivity contribution in [2.75, 3.05) is 20.3 Å². The van der Waals surface area contributed by atoms with Crippen LogP contribution in [0.1, 0.15) is 31.3 Å². The van der Waals surface area contributed by atoms with Crippen LogP contribution < -0.4 is 4.74 Å². The van der Waals surface area contributed by atoms with E-state index in [1.807, 2.05) is 4.40 Å². The van der Waals surface area contributed by atoms with Crippen LogP contribution in [-0.4, -0.2) is 45.0 Å². The highest BCUT2D eigenvalue weighted by Gasteiger charge is 2.37. The van der Waals surface area contributed by atoms with Gasteiger partial charge in [0.15, 0.2) is 0 Å². The van der Waals surface area contributed by atoms with Gasteiger partial charge in [0, 0.05) is 25.6 Å². The Morgan fingerprint density at radius 3 is 3.00 bits per heavy atom. The monoisotopic (exact) mass is 278 g/mol. The number of hydrogen-bond donors (Lipinski definition) is 1. The third kappa shape index (κ3) is 2.03. The number of fused-ring (bicyclic) bond motifs is 1. The van der Waals surface area contributed by atoms with Gasteiger partial charge in [-0.25, -0.2) is 4.98 Å². The van der Waals surface area contributed by atoms with Crippen LogP contribution in [0.15, 0.2) is 6.20 Å². The second-order valence-electron chi connectivity index (χ2n) is 5.03. The molecule has 0 bridgehead atoms. The zero-order valence-corrected chi connectivity index (χ0v) is 11.7. The van der Waals surface area contributed by atoms with Crippen molar-refractivity contribution in [2.45, 2.75) is 31.8 Å². The Bertz CT molecular complexity index is 619. The molecule has 1 unspecified atom stereocenters. The van der Waals surface area contributed by atoms with E-state index < -0.39 is 5.60 Å². The summed E-state index contributed by atoms with van der Waals surface area (Å²) in [5.74, 6) is 1.21. The lowest BCUT2D eigenvalue weighted by atomic mass is 10.00. The molecule has 1 fully saturated rings. The first-order valence-electron chi connectivity index (χ1n) is 6.77. The predicted octanol–water partition coefficient (Wildman–Crippen LogP) is 0.693. The van der Waals surface area contributed by atoms with Crippen LogP contribution >= 0.6 is 0 Å². The first-order valence-corrected chi connectivity index (χ1v) is 6.77. The molecule has 3 heterocycles. The van der Waals surface area contributed by atoms with E-state index in [1.165, 1.54) is 7.11 Å². The molecule has 3 rings (SSSR count). The summed E-state index contributed by atoms with van der Waals surface area (Å²) in [6.07, 6.45) is 4.09. The van der Waals surface area contributed by atoms with Crippen molar-refractivity contribution in [3.05, 3.63) is 17.7 Å². The summed E-state index contributed by atoms with van der Waals surface area (Å²) in [6, 6.07) is 0. The third-order valence-corrected chi connectivity index (χ3v) is 3.58. The molecule has 7 nitrogen and oxygen atoms in total. The van der Waals surface area contributed by atoms with Crippen molar-refractivity contribution in [3.8, 4) is 5.88 Å². The molecule has 1 atom stereocenters. The summed E-state index contributed by atoms with van der Waals surface area (Å²) in [5.41, 5.74) is 0.0496. The molecule has 0 aliphatic carbocycles. The van der Waals surface area contributed by atoms with E-state index in [1.54, 1.807) is 6.20 Å². The van der Waals surface area contributed by atoms with Crippen molar-refractivity contribution in [2.24, 2.45) is 0 Å². The highest BCUT2D eigenvalue weighted by molar-refractivity contribution is 5.49. The van der Waals surface area contributed by atoms with Gasteiger partial charge < -0.3 is 14.6 Å². The highest BCUT2D eigenvalue weighted by atomic mass is 16.5. The van der Waals surface area contributed by atoms with Gasteiger partial charge in [0.25, 0.3) is 5.88 Å². The van der Waals surface area contributed by atoms with Gasteiger partial charge in [-0.05, 0) is 6.42 Å². The van der Waals surface area contributed by atoms with Crippen molar-refractivity contribution in [1.29, 1.82) is 0 Å². The largest absolute Gasteiger partial charge is 0.478 e. The molecule has 2 aromatic heterocycles. The standard InChI is InChI=1S/C13H18N4O3/c1-3-4-10-15-16-11-12(19-2)14-9(7-17(10)11)13(18)5-6-20-8-13/h7,18H,3-6,8H2,1-2H3. The maximum Gasteiger partial charge on any atom is 0.260 e. The number of aromatic nitrogens is 4. The molecule has 1 aliphatic rings. The Morgan fingerprint density at radius 1 is 1.50 bits per heavy atom. The second kappa shape index (κ2) is 4.99. The van der Waals surface area contributed by atoms with Gasteiger partial charge >= 0.3 is 0 Å². The molecule has 2 aromatic rings. The minimum Gasteiger partial charge on any atom is -0.478 e. The molecular formula is C13H18N4O3. The van der Waals surface area contributed by atoms with Crippen molar-refractivity contribution in [3.63, 3.8) is 0 Å². The molecule has 20 heavy (non-hydrogen) atoms. The van der Waals surface area contributed by atoms with Crippen LogP contribution in [0.5, 0.6) is 5.88 Å². The smallest absolute Gasteiger partial charge is 0.260 e. The highest BCUT2D eigenvalue weighted by Crippen LogP contribution is 2.31. The lowest BCUT2D eigenvalue weighted by Crippen LogP contribution is -2.27. The Labute approximate surface area is 116 Å². The molecule has 1 N–H and O–H groups in total. The Morgan fingerprint density at radius 2 is 2.35 bits per heavy atom. The fourth-order valence-electron chi connectivity index (χ4n) is 2.43. The number of nitrogens with zero attached hydrogens (tertiary/aromatic N) is 4. The minimum atomic E-state index is -1.06. The SMILES string of the molecule is CCCc1nnc2c(OC)nc(C3(O)CCOC3)cn12. The predicted molar refractivity (Wildman–Crippen MR) is 70.7 cm³/mol. The molecule has 0 radical (unpaired) electrons. The average molecular weight is 278 g/mol. The molecule has 108 valence electrons. The number of ether oxygens (including phenoxy) is 2. The number of aryl methyl sites for hydroxylation is 1. The molecule has 0 amide bonds. The van der Waals surface area contributed by atoms with Crippen LogP contribution in [0.2, 0.25) is 0 Å².